The molecule has 5 N–H and O–H groups in total. The minimum atomic E-state index is 0.427. The first-order chi connectivity index (χ1) is 6.65. The van der Waals surface area contributed by atoms with E-state index in [-0.39, 0.29) is 0 Å². The third-order valence-corrected chi connectivity index (χ3v) is 2.41. The molecule has 0 atom stereocenters. The molecule has 0 aromatic heterocycles. The largest absolute Gasteiger partial charge is 0.396 e. The summed E-state index contributed by atoms with van der Waals surface area (Å²) < 4.78 is 0. The number of rotatable bonds is 4. The van der Waals surface area contributed by atoms with Gasteiger partial charge in [-0.05, 0) is 17.7 Å². The van der Waals surface area contributed by atoms with Crippen molar-refractivity contribution in [3.8, 4) is 0 Å². The number of nitrogens with two attached hydrogens (primary N) is 2. The maximum Gasteiger partial charge on any atom is 0.0693 e. The minimum absolute atomic E-state index is 0.427. The molecule has 0 amide bonds. The Morgan fingerprint density at radius 1 is 1.21 bits per heavy atom. The zero-order valence-electron chi connectivity index (χ0n) is 7.69. The monoisotopic (exact) mass is 233 g/mol. The van der Waals surface area contributed by atoms with E-state index in [1.807, 2.05) is 0 Å². The second kappa shape index (κ2) is 5.41. The molecule has 0 saturated heterocycles. The molecule has 0 fully saturated rings. The first-order valence-corrected chi connectivity index (χ1v) is 5.05. The summed E-state index contributed by atoms with van der Waals surface area (Å²) in [6.07, 6.45) is 0. The molecule has 0 bridgehead atoms. The van der Waals surface area contributed by atoms with Crippen LogP contribution in [0.5, 0.6) is 0 Å². The summed E-state index contributed by atoms with van der Waals surface area (Å²) in [5.74, 6) is 0. The highest BCUT2D eigenvalue weighted by Crippen LogP contribution is 2.28. The second-order valence-electron chi connectivity index (χ2n) is 2.94. The van der Waals surface area contributed by atoms with Crippen LogP contribution in [0.3, 0.4) is 0 Å². The molecule has 0 saturated carbocycles. The van der Waals surface area contributed by atoms with Gasteiger partial charge in [-0.3, -0.25) is 0 Å². The smallest absolute Gasteiger partial charge is 0.0693 e. The number of anilines is 1. The lowest BCUT2D eigenvalue weighted by Gasteiger charge is -2.07. The van der Waals surface area contributed by atoms with E-state index in [0.29, 0.717) is 28.8 Å². The maximum atomic E-state index is 5.87. The molecule has 0 aliphatic rings. The molecule has 0 heterocycles. The number of nitrogen functional groups attached to an aromatic ring is 1. The van der Waals surface area contributed by atoms with Crippen LogP contribution in [-0.4, -0.2) is 13.1 Å². The van der Waals surface area contributed by atoms with Crippen molar-refractivity contribution in [3.05, 3.63) is 27.7 Å². The lowest BCUT2D eigenvalue weighted by Crippen LogP contribution is -2.21. The average molecular weight is 234 g/mol. The quantitative estimate of drug-likeness (QED) is 0.548. The average Bonchev–Trinajstić information content (AvgIpc) is 2.14. The van der Waals surface area contributed by atoms with Crippen LogP contribution in [0.1, 0.15) is 5.56 Å². The fourth-order valence-electron chi connectivity index (χ4n) is 1.07. The van der Waals surface area contributed by atoms with Gasteiger partial charge in [0.25, 0.3) is 0 Å². The van der Waals surface area contributed by atoms with Gasteiger partial charge in [0.15, 0.2) is 0 Å². The Hall–Kier alpha value is -0.480. The lowest BCUT2D eigenvalue weighted by molar-refractivity contribution is 0.695. The zero-order valence-corrected chi connectivity index (χ0v) is 9.20. The number of hydrogen-bond acceptors (Lipinski definition) is 3. The molecule has 0 radical (unpaired) electrons. The van der Waals surface area contributed by atoms with Gasteiger partial charge in [0.05, 0.1) is 15.7 Å². The van der Waals surface area contributed by atoms with Crippen molar-refractivity contribution in [2.75, 3.05) is 18.8 Å². The summed E-state index contributed by atoms with van der Waals surface area (Å²) >= 11 is 11.7. The van der Waals surface area contributed by atoms with E-state index in [1.165, 1.54) is 0 Å². The van der Waals surface area contributed by atoms with Crippen molar-refractivity contribution in [2.45, 2.75) is 6.54 Å². The summed E-state index contributed by atoms with van der Waals surface area (Å²) in [7, 11) is 0. The van der Waals surface area contributed by atoms with Crippen LogP contribution in [0.25, 0.3) is 0 Å². The van der Waals surface area contributed by atoms with Crippen molar-refractivity contribution in [1.82, 2.24) is 5.32 Å². The van der Waals surface area contributed by atoms with Crippen molar-refractivity contribution in [2.24, 2.45) is 5.73 Å². The van der Waals surface area contributed by atoms with Crippen LogP contribution < -0.4 is 16.8 Å². The molecule has 78 valence electrons. The molecule has 3 nitrogen and oxygen atoms in total. The number of nitrogens with one attached hydrogen (secondary N) is 1. The lowest BCUT2D eigenvalue weighted by atomic mass is 10.2. The van der Waals surface area contributed by atoms with Gasteiger partial charge in [-0.15, -0.1) is 0 Å². The summed E-state index contributed by atoms with van der Waals surface area (Å²) in [5, 5.41) is 4.12. The Balaban J connectivity index is 2.69. The van der Waals surface area contributed by atoms with Gasteiger partial charge < -0.3 is 16.8 Å². The van der Waals surface area contributed by atoms with E-state index < -0.39 is 0 Å². The van der Waals surface area contributed by atoms with Gasteiger partial charge in [0.1, 0.15) is 0 Å². The van der Waals surface area contributed by atoms with Crippen LogP contribution >= 0.6 is 23.2 Å². The van der Waals surface area contributed by atoms with Crippen LogP contribution in [0.4, 0.5) is 5.69 Å². The van der Waals surface area contributed by atoms with Crippen molar-refractivity contribution in [1.29, 1.82) is 0 Å². The SMILES string of the molecule is NCCNCc1cc(Cl)c(N)c(Cl)c1. The van der Waals surface area contributed by atoms with Gasteiger partial charge >= 0.3 is 0 Å². The highest BCUT2D eigenvalue weighted by atomic mass is 35.5. The van der Waals surface area contributed by atoms with Crippen molar-refractivity contribution in [3.63, 3.8) is 0 Å². The van der Waals surface area contributed by atoms with Gasteiger partial charge in [0, 0.05) is 19.6 Å². The zero-order chi connectivity index (χ0) is 10.6. The Bertz CT molecular complexity index is 292. The highest BCUT2D eigenvalue weighted by molar-refractivity contribution is 6.38. The van der Waals surface area contributed by atoms with Gasteiger partial charge in [-0.1, -0.05) is 23.2 Å². The summed E-state index contributed by atoms with van der Waals surface area (Å²) in [6.45, 7) is 2.06. The summed E-state index contributed by atoms with van der Waals surface area (Å²) in [6, 6.07) is 3.60. The van der Waals surface area contributed by atoms with Crippen LogP contribution in [-0.2, 0) is 6.54 Å². The van der Waals surface area contributed by atoms with Crippen LogP contribution in [0.15, 0.2) is 12.1 Å². The molecule has 0 aliphatic carbocycles. The molecular formula is C9H13Cl2N3. The molecule has 1 aromatic carbocycles. The molecule has 14 heavy (non-hydrogen) atoms. The first kappa shape index (κ1) is 11.6. The molecule has 1 aromatic rings. The Morgan fingerprint density at radius 3 is 2.29 bits per heavy atom. The van der Waals surface area contributed by atoms with E-state index >= 15 is 0 Å². The minimum Gasteiger partial charge on any atom is -0.396 e. The van der Waals surface area contributed by atoms with Crippen LogP contribution in [0, 0.1) is 0 Å². The summed E-state index contributed by atoms with van der Waals surface area (Å²) in [4.78, 5) is 0. The fourth-order valence-corrected chi connectivity index (χ4v) is 1.61. The van der Waals surface area contributed by atoms with Gasteiger partial charge in [-0.25, -0.2) is 0 Å². The topological polar surface area (TPSA) is 64.1 Å². The maximum absolute atomic E-state index is 5.87. The number of hydrogen-bond donors (Lipinski definition) is 3. The molecule has 1 rings (SSSR count). The van der Waals surface area contributed by atoms with E-state index in [9.17, 15) is 0 Å². The standard InChI is InChI=1S/C9H13Cl2N3/c10-7-3-6(5-14-2-1-12)4-8(11)9(7)13/h3-4,14H,1-2,5,12-13H2. The normalized spacial score (nSPS) is 10.5. The number of benzene rings is 1. The van der Waals surface area contributed by atoms with Gasteiger partial charge in [-0.2, -0.15) is 0 Å². The molecular weight excluding hydrogens is 221 g/mol. The van der Waals surface area contributed by atoms with Gasteiger partial charge in [0.2, 0.25) is 0 Å². The third kappa shape index (κ3) is 3.03. The Morgan fingerprint density at radius 2 is 1.79 bits per heavy atom. The fraction of sp³-hybridized carbons (Fsp3) is 0.333. The predicted octanol–water partition coefficient (Wildman–Crippen LogP) is 1.62. The highest BCUT2D eigenvalue weighted by Gasteiger charge is 2.03. The van der Waals surface area contributed by atoms with Crippen molar-refractivity contribution < 1.29 is 0 Å². The second-order valence-corrected chi connectivity index (χ2v) is 3.75. The molecule has 0 unspecified atom stereocenters. The Labute approximate surface area is 93.4 Å². The molecule has 0 aliphatic heterocycles. The molecule has 5 heteroatoms. The van der Waals surface area contributed by atoms with E-state index in [1.54, 1.807) is 12.1 Å². The predicted molar refractivity (Wildman–Crippen MR) is 61.6 cm³/mol. The number of halogens is 2. The Kier molecular flexibility index (Phi) is 4.48. The summed E-state index contributed by atoms with van der Waals surface area (Å²) in [5.41, 5.74) is 12.4. The van der Waals surface area contributed by atoms with Crippen LogP contribution in [0.2, 0.25) is 10.0 Å². The molecule has 0 spiro atoms. The van der Waals surface area contributed by atoms with E-state index in [2.05, 4.69) is 5.32 Å². The third-order valence-electron chi connectivity index (χ3n) is 1.79. The van der Waals surface area contributed by atoms with E-state index in [4.69, 9.17) is 34.7 Å². The van der Waals surface area contributed by atoms with Crippen molar-refractivity contribution >= 4 is 28.9 Å². The van der Waals surface area contributed by atoms with E-state index in [0.717, 1.165) is 12.1 Å². The first-order valence-electron chi connectivity index (χ1n) is 4.29.